The molecular formula is C15H17Br2NOS. The second-order valence-corrected chi connectivity index (χ2v) is 8.03. The maximum atomic E-state index is 5.60. The van der Waals surface area contributed by atoms with Crippen molar-refractivity contribution in [1.29, 1.82) is 0 Å². The van der Waals surface area contributed by atoms with Crippen molar-refractivity contribution >= 4 is 43.2 Å². The highest BCUT2D eigenvalue weighted by molar-refractivity contribution is 9.12. The van der Waals surface area contributed by atoms with Crippen LogP contribution in [0.1, 0.15) is 31.0 Å². The summed E-state index contributed by atoms with van der Waals surface area (Å²) in [5, 5.41) is 3.54. The van der Waals surface area contributed by atoms with Crippen LogP contribution in [0.15, 0.2) is 37.9 Å². The highest BCUT2D eigenvalue weighted by Crippen LogP contribution is 2.38. The maximum absolute atomic E-state index is 5.60. The van der Waals surface area contributed by atoms with Gasteiger partial charge in [-0.3, -0.25) is 0 Å². The summed E-state index contributed by atoms with van der Waals surface area (Å²) in [4.78, 5) is 0. The Labute approximate surface area is 140 Å². The monoisotopic (exact) mass is 417 g/mol. The summed E-state index contributed by atoms with van der Waals surface area (Å²) >= 11 is 8.90. The van der Waals surface area contributed by atoms with Gasteiger partial charge in [0.2, 0.25) is 0 Å². The van der Waals surface area contributed by atoms with Crippen LogP contribution in [0.2, 0.25) is 0 Å². The van der Waals surface area contributed by atoms with Crippen molar-refractivity contribution in [2.45, 2.75) is 19.9 Å². The number of ether oxygens (including phenoxy) is 1. The van der Waals surface area contributed by atoms with Crippen LogP contribution >= 0.6 is 43.2 Å². The third-order valence-corrected chi connectivity index (χ3v) is 5.29. The van der Waals surface area contributed by atoms with E-state index in [4.69, 9.17) is 4.74 Å². The van der Waals surface area contributed by atoms with Crippen molar-refractivity contribution in [3.63, 3.8) is 0 Å². The molecule has 5 heteroatoms. The SMILES string of the molecule is CCNC(c1cccc(OCC)c1)c1cc(Br)sc1Br. The lowest BCUT2D eigenvalue weighted by atomic mass is 10.0. The molecule has 0 radical (unpaired) electrons. The van der Waals surface area contributed by atoms with Crippen LogP contribution in [-0.2, 0) is 0 Å². The molecule has 0 aliphatic rings. The molecule has 1 aromatic heterocycles. The molecule has 1 N–H and O–H groups in total. The predicted octanol–water partition coefficient (Wildman–Crippen LogP) is 5.37. The van der Waals surface area contributed by atoms with E-state index in [9.17, 15) is 0 Å². The topological polar surface area (TPSA) is 21.3 Å². The Kier molecular flexibility index (Phi) is 6.08. The van der Waals surface area contributed by atoms with Gasteiger partial charge >= 0.3 is 0 Å². The molecule has 0 spiro atoms. The maximum Gasteiger partial charge on any atom is 0.119 e. The zero-order valence-electron chi connectivity index (χ0n) is 11.5. The second-order valence-electron chi connectivity index (χ2n) is 4.28. The van der Waals surface area contributed by atoms with Gasteiger partial charge in [-0.25, -0.2) is 0 Å². The molecular weight excluding hydrogens is 402 g/mol. The van der Waals surface area contributed by atoms with E-state index < -0.39 is 0 Å². The molecule has 1 unspecified atom stereocenters. The molecule has 2 rings (SSSR count). The molecule has 1 aromatic carbocycles. The number of halogens is 2. The third-order valence-electron chi connectivity index (χ3n) is 2.90. The Hall–Kier alpha value is -0.360. The largest absolute Gasteiger partial charge is 0.494 e. The van der Waals surface area contributed by atoms with E-state index in [1.54, 1.807) is 11.3 Å². The van der Waals surface area contributed by atoms with Gasteiger partial charge in [-0.1, -0.05) is 19.1 Å². The molecule has 1 heterocycles. The third kappa shape index (κ3) is 3.85. The molecule has 0 saturated heterocycles. The summed E-state index contributed by atoms with van der Waals surface area (Å²) in [6, 6.07) is 10.6. The van der Waals surface area contributed by atoms with Crippen LogP contribution in [0.3, 0.4) is 0 Å². The minimum atomic E-state index is 0.164. The number of benzene rings is 1. The fourth-order valence-corrected chi connectivity index (χ4v) is 5.01. The van der Waals surface area contributed by atoms with Crippen molar-refractivity contribution < 1.29 is 4.74 Å². The Balaban J connectivity index is 2.37. The zero-order chi connectivity index (χ0) is 14.5. The Bertz CT molecular complexity index is 571. The molecule has 1 atom stereocenters. The van der Waals surface area contributed by atoms with Crippen LogP contribution in [0.5, 0.6) is 5.75 Å². The average molecular weight is 419 g/mol. The van der Waals surface area contributed by atoms with Crippen molar-refractivity contribution in [1.82, 2.24) is 5.32 Å². The Morgan fingerprint density at radius 2 is 2.05 bits per heavy atom. The normalized spacial score (nSPS) is 12.4. The molecule has 0 aliphatic heterocycles. The van der Waals surface area contributed by atoms with Crippen molar-refractivity contribution in [3.05, 3.63) is 49.0 Å². The second kappa shape index (κ2) is 7.59. The molecule has 0 saturated carbocycles. The van der Waals surface area contributed by atoms with Gasteiger partial charge in [0.25, 0.3) is 0 Å². The van der Waals surface area contributed by atoms with Gasteiger partial charge in [0, 0.05) is 0 Å². The number of hydrogen-bond acceptors (Lipinski definition) is 3. The van der Waals surface area contributed by atoms with Crippen molar-refractivity contribution in [2.75, 3.05) is 13.2 Å². The van der Waals surface area contributed by atoms with Crippen molar-refractivity contribution in [2.24, 2.45) is 0 Å². The van der Waals surface area contributed by atoms with Crippen LogP contribution in [0, 0.1) is 0 Å². The van der Waals surface area contributed by atoms with Gasteiger partial charge in [0.1, 0.15) is 5.75 Å². The van der Waals surface area contributed by atoms with Gasteiger partial charge in [0.15, 0.2) is 0 Å². The van der Waals surface area contributed by atoms with E-state index in [1.165, 1.54) is 11.1 Å². The van der Waals surface area contributed by atoms with Gasteiger partial charge in [-0.2, -0.15) is 0 Å². The number of hydrogen-bond donors (Lipinski definition) is 1. The molecule has 2 aromatic rings. The first kappa shape index (κ1) is 16.0. The minimum absolute atomic E-state index is 0.164. The number of rotatable bonds is 6. The van der Waals surface area contributed by atoms with Crippen molar-refractivity contribution in [3.8, 4) is 5.75 Å². The minimum Gasteiger partial charge on any atom is -0.494 e. The standard InChI is InChI=1S/C15H17Br2NOS/c1-3-18-14(12-9-13(16)20-15(12)17)10-6-5-7-11(8-10)19-4-2/h5-9,14,18H,3-4H2,1-2H3. The van der Waals surface area contributed by atoms with Crippen LogP contribution in [0.4, 0.5) is 0 Å². The molecule has 108 valence electrons. The fraction of sp³-hybridized carbons (Fsp3) is 0.333. The summed E-state index contributed by atoms with van der Waals surface area (Å²) < 4.78 is 7.88. The Morgan fingerprint density at radius 1 is 1.25 bits per heavy atom. The van der Waals surface area contributed by atoms with Gasteiger partial charge in [-0.05, 0) is 74.7 Å². The molecule has 0 aliphatic carbocycles. The van der Waals surface area contributed by atoms with E-state index >= 15 is 0 Å². The summed E-state index contributed by atoms with van der Waals surface area (Å²) in [7, 11) is 0. The van der Waals surface area contributed by atoms with E-state index in [2.05, 4.69) is 62.3 Å². The molecule has 2 nitrogen and oxygen atoms in total. The first-order valence-corrected chi connectivity index (χ1v) is 8.96. The predicted molar refractivity (Wildman–Crippen MR) is 92.8 cm³/mol. The summed E-state index contributed by atoms with van der Waals surface area (Å²) in [6.07, 6.45) is 0. The summed E-state index contributed by atoms with van der Waals surface area (Å²) in [6.45, 7) is 5.71. The smallest absolute Gasteiger partial charge is 0.119 e. The first-order chi connectivity index (χ1) is 9.65. The van der Waals surface area contributed by atoms with E-state index in [1.807, 2.05) is 19.1 Å². The van der Waals surface area contributed by atoms with Gasteiger partial charge < -0.3 is 10.1 Å². The molecule has 0 fully saturated rings. The van der Waals surface area contributed by atoms with Crippen LogP contribution in [0.25, 0.3) is 0 Å². The first-order valence-electron chi connectivity index (χ1n) is 6.56. The van der Waals surface area contributed by atoms with Gasteiger partial charge in [-0.15, -0.1) is 11.3 Å². The number of thiophene rings is 1. The van der Waals surface area contributed by atoms with Crippen LogP contribution in [-0.4, -0.2) is 13.2 Å². The molecule has 20 heavy (non-hydrogen) atoms. The molecule has 0 amide bonds. The highest BCUT2D eigenvalue weighted by Gasteiger charge is 2.18. The molecule has 0 bridgehead atoms. The quantitative estimate of drug-likeness (QED) is 0.680. The number of nitrogens with one attached hydrogen (secondary N) is 1. The average Bonchev–Trinajstić information content (AvgIpc) is 2.75. The lowest BCUT2D eigenvalue weighted by Gasteiger charge is -2.19. The van der Waals surface area contributed by atoms with E-state index in [0.29, 0.717) is 6.61 Å². The van der Waals surface area contributed by atoms with Crippen LogP contribution < -0.4 is 10.1 Å². The van der Waals surface area contributed by atoms with E-state index in [0.717, 1.165) is 19.9 Å². The lowest BCUT2D eigenvalue weighted by molar-refractivity contribution is 0.339. The lowest BCUT2D eigenvalue weighted by Crippen LogP contribution is -2.21. The summed E-state index contributed by atoms with van der Waals surface area (Å²) in [5.74, 6) is 0.915. The fourth-order valence-electron chi connectivity index (χ4n) is 2.11. The zero-order valence-corrected chi connectivity index (χ0v) is 15.4. The Morgan fingerprint density at radius 3 is 2.65 bits per heavy atom. The van der Waals surface area contributed by atoms with E-state index in [-0.39, 0.29) is 6.04 Å². The van der Waals surface area contributed by atoms with Gasteiger partial charge in [0.05, 0.1) is 20.2 Å². The highest BCUT2D eigenvalue weighted by atomic mass is 79.9. The summed E-state index contributed by atoms with van der Waals surface area (Å²) in [5.41, 5.74) is 2.46.